The Kier molecular flexibility index (Phi) is 4.96. The normalized spacial score (nSPS) is 15.4. The molecule has 0 radical (unpaired) electrons. The predicted molar refractivity (Wildman–Crippen MR) is 115 cm³/mol. The van der Waals surface area contributed by atoms with E-state index in [0.29, 0.717) is 10.4 Å². The third-order valence-corrected chi connectivity index (χ3v) is 8.57. The fourth-order valence-electron chi connectivity index (χ4n) is 3.39. The van der Waals surface area contributed by atoms with Gasteiger partial charge in [-0.2, -0.15) is 9.30 Å². The van der Waals surface area contributed by atoms with Crippen LogP contribution in [0.25, 0.3) is 10.2 Å². The SMILES string of the molecule is Cc1ccc(C)c2c1sc(=NC(=O)c1ccc(S(=O)(=O)N(C)C3CC3)cc1)n2C. The number of sulfonamides is 1. The molecule has 1 aliphatic carbocycles. The van der Waals surface area contributed by atoms with Crippen LogP contribution in [0.5, 0.6) is 0 Å². The minimum atomic E-state index is -3.52. The molecule has 1 fully saturated rings. The van der Waals surface area contributed by atoms with Crippen LogP contribution in [0.4, 0.5) is 0 Å². The molecule has 0 spiro atoms. The highest BCUT2D eigenvalue weighted by atomic mass is 32.2. The first kappa shape index (κ1) is 20.0. The van der Waals surface area contributed by atoms with Crippen molar-refractivity contribution in [1.29, 1.82) is 0 Å². The molecule has 2 aromatic carbocycles. The van der Waals surface area contributed by atoms with Gasteiger partial charge in [0.05, 0.1) is 15.1 Å². The van der Waals surface area contributed by atoms with E-state index in [1.807, 2.05) is 25.5 Å². The topological polar surface area (TPSA) is 71.7 Å². The Morgan fingerprint density at radius 1 is 1.10 bits per heavy atom. The lowest BCUT2D eigenvalue weighted by molar-refractivity contribution is 0.0998. The molecule has 29 heavy (non-hydrogen) atoms. The maximum Gasteiger partial charge on any atom is 0.279 e. The lowest BCUT2D eigenvalue weighted by Gasteiger charge is -2.16. The highest BCUT2D eigenvalue weighted by Gasteiger charge is 2.35. The van der Waals surface area contributed by atoms with Gasteiger partial charge in [-0.05, 0) is 62.1 Å². The summed E-state index contributed by atoms with van der Waals surface area (Å²) in [5.74, 6) is -0.387. The standard InChI is InChI=1S/C21H23N3O3S2/c1-13-5-6-14(2)19-18(13)23(3)21(28-19)22-20(25)15-7-11-17(12-8-15)29(26,27)24(4)16-9-10-16/h5-8,11-12,16H,9-10H2,1-4H3. The molecule has 8 heteroatoms. The summed E-state index contributed by atoms with van der Waals surface area (Å²) in [6.07, 6.45) is 1.80. The molecule has 0 bridgehead atoms. The van der Waals surface area contributed by atoms with Crippen LogP contribution in [0.3, 0.4) is 0 Å². The van der Waals surface area contributed by atoms with Crippen molar-refractivity contribution in [3.8, 4) is 0 Å². The minimum Gasteiger partial charge on any atom is -0.319 e. The molecule has 1 amide bonds. The molecule has 152 valence electrons. The predicted octanol–water partition coefficient (Wildman–Crippen LogP) is 3.38. The second-order valence-electron chi connectivity index (χ2n) is 7.51. The van der Waals surface area contributed by atoms with Gasteiger partial charge in [0.1, 0.15) is 0 Å². The molecule has 0 atom stereocenters. The van der Waals surface area contributed by atoms with Crippen molar-refractivity contribution in [1.82, 2.24) is 8.87 Å². The number of hydrogen-bond donors (Lipinski definition) is 0. The largest absolute Gasteiger partial charge is 0.319 e. The van der Waals surface area contributed by atoms with Crippen molar-refractivity contribution in [3.05, 3.63) is 57.9 Å². The molecule has 3 aromatic rings. The number of carbonyl (C=O) groups excluding carboxylic acids is 1. The van der Waals surface area contributed by atoms with Crippen LogP contribution in [-0.4, -0.2) is 36.3 Å². The molecular formula is C21H23N3O3S2. The second kappa shape index (κ2) is 7.19. The quantitative estimate of drug-likeness (QED) is 0.638. The zero-order valence-corrected chi connectivity index (χ0v) is 18.5. The van der Waals surface area contributed by atoms with E-state index in [-0.39, 0.29) is 16.8 Å². The highest BCUT2D eigenvalue weighted by molar-refractivity contribution is 7.89. The van der Waals surface area contributed by atoms with Gasteiger partial charge >= 0.3 is 0 Å². The van der Waals surface area contributed by atoms with E-state index in [0.717, 1.165) is 34.2 Å². The van der Waals surface area contributed by atoms with Gasteiger partial charge in [0, 0.05) is 25.7 Å². The lowest BCUT2D eigenvalue weighted by atomic mass is 10.1. The summed E-state index contributed by atoms with van der Waals surface area (Å²) in [4.78, 5) is 17.8. The zero-order valence-electron chi connectivity index (χ0n) is 16.8. The maximum atomic E-state index is 12.7. The molecule has 1 aliphatic rings. The monoisotopic (exact) mass is 429 g/mol. The van der Waals surface area contributed by atoms with Crippen LogP contribution in [0.2, 0.25) is 0 Å². The van der Waals surface area contributed by atoms with E-state index in [9.17, 15) is 13.2 Å². The van der Waals surface area contributed by atoms with Gasteiger partial charge in [-0.15, -0.1) is 0 Å². The Labute approximate surface area is 174 Å². The van der Waals surface area contributed by atoms with E-state index < -0.39 is 10.0 Å². The number of hydrogen-bond acceptors (Lipinski definition) is 4. The Bertz CT molecular complexity index is 1280. The lowest BCUT2D eigenvalue weighted by Crippen LogP contribution is -2.28. The van der Waals surface area contributed by atoms with Crippen molar-refractivity contribution >= 4 is 37.5 Å². The number of benzene rings is 2. The van der Waals surface area contributed by atoms with Gasteiger partial charge in [-0.3, -0.25) is 4.79 Å². The number of rotatable bonds is 4. The number of aryl methyl sites for hydroxylation is 3. The fourth-order valence-corrected chi connectivity index (χ4v) is 5.97. The molecule has 6 nitrogen and oxygen atoms in total. The number of aromatic nitrogens is 1. The molecule has 0 N–H and O–H groups in total. The first-order valence-electron chi connectivity index (χ1n) is 9.43. The van der Waals surface area contributed by atoms with Crippen molar-refractivity contribution < 1.29 is 13.2 Å². The Balaban J connectivity index is 1.67. The van der Waals surface area contributed by atoms with Crippen LogP contribution in [-0.2, 0) is 17.1 Å². The number of amides is 1. The van der Waals surface area contributed by atoms with E-state index in [1.165, 1.54) is 39.9 Å². The summed E-state index contributed by atoms with van der Waals surface area (Å²) in [7, 11) is -0.0138. The van der Waals surface area contributed by atoms with Crippen molar-refractivity contribution in [3.63, 3.8) is 0 Å². The summed E-state index contributed by atoms with van der Waals surface area (Å²) < 4.78 is 29.7. The van der Waals surface area contributed by atoms with Gasteiger partial charge in [0.25, 0.3) is 5.91 Å². The molecule has 0 saturated heterocycles. The molecule has 4 rings (SSSR count). The maximum absolute atomic E-state index is 12.7. The smallest absolute Gasteiger partial charge is 0.279 e. The van der Waals surface area contributed by atoms with Gasteiger partial charge in [0.15, 0.2) is 4.80 Å². The number of carbonyl (C=O) groups is 1. The average Bonchev–Trinajstić information content (AvgIpc) is 3.49. The summed E-state index contributed by atoms with van der Waals surface area (Å²) in [6.45, 7) is 4.08. The number of nitrogens with zero attached hydrogens (tertiary/aromatic N) is 3. The molecular weight excluding hydrogens is 406 g/mol. The molecule has 0 aliphatic heterocycles. The van der Waals surface area contributed by atoms with Gasteiger partial charge < -0.3 is 4.57 Å². The van der Waals surface area contributed by atoms with Gasteiger partial charge in [-0.25, -0.2) is 8.42 Å². The summed E-state index contributed by atoms with van der Waals surface area (Å²) in [5, 5.41) is 0. The summed E-state index contributed by atoms with van der Waals surface area (Å²) in [6, 6.07) is 10.3. The molecule has 1 saturated carbocycles. The first-order valence-corrected chi connectivity index (χ1v) is 11.7. The summed E-state index contributed by atoms with van der Waals surface area (Å²) >= 11 is 1.48. The van der Waals surface area contributed by atoms with E-state index in [4.69, 9.17) is 0 Å². The van der Waals surface area contributed by atoms with E-state index in [2.05, 4.69) is 17.1 Å². The highest BCUT2D eigenvalue weighted by Crippen LogP contribution is 2.30. The van der Waals surface area contributed by atoms with Crippen LogP contribution >= 0.6 is 11.3 Å². The second-order valence-corrected chi connectivity index (χ2v) is 10.5. The van der Waals surface area contributed by atoms with Crippen LogP contribution in [0.15, 0.2) is 46.3 Å². The van der Waals surface area contributed by atoms with Crippen molar-refractivity contribution in [2.45, 2.75) is 37.6 Å². The Hall–Kier alpha value is -2.29. The fraction of sp³-hybridized carbons (Fsp3) is 0.333. The number of thiazole rings is 1. The Morgan fingerprint density at radius 2 is 1.72 bits per heavy atom. The Morgan fingerprint density at radius 3 is 2.31 bits per heavy atom. The van der Waals surface area contributed by atoms with E-state index in [1.54, 1.807) is 7.05 Å². The van der Waals surface area contributed by atoms with Crippen LogP contribution in [0, 0.1) is 13.8 Å². The van der Waals surface area contributed by atoms with Gasteiger partial charge in [0.2, 0.25) is 10.0 Å². The number of fused-ring (bicyclic) bond motifs is 1. The first-order chi connectivity index (χ1) is 13.7. The molecule has 1 heterocycles. The van der Waals surface area contributed by atoms with Gasteiger partial charge in [-0.1, -0.05) is 23.5 Å². The third-order valence-electron chi connectivity index (χ3n) is 5.38. The third kappa shape index (κ3) is 3.56. The van der Waals surface area contributed by atoms with Crippen molar-refractivity contribution in [2.75, 3.05) is 7.05 Å². The molecule has 1 aromatic heterocycles. The minimum absolute atomic E-state index is 0.0937. The average molecular weight is 430 g/mol. The molecule has 0 unspecified atom stereocenters. The summed E-state index contributed by atoms with van der Waals surface area (Å²) in [5.41, 5.74) is 3.72. The van der Waals surface area contributed by atoms with Crippen LogP contribution in [0.1, 0.15) is 34.3 Å². The van der Waals surface area contributed by atoms with Crippen molar-refractivity contribution in [2.24, 2.45) is 12.0 Å². The van der Waals surface area contributed by atoms with E-state index >= 15 is 0 Å². The zero-order chi connectivity index (χ0) is 20.9. The van der Waals surface area contributed by atoms with Crippen LogP contribution < -0.4 is 4.80 Å².